The second-order valence-electron chi connectivity index (χ2n) is 5.92. The molecule has 0 heterocycles. The molecule has 0 spiro atoms. The SMILES string of the molecule is COC1=C(C(C)C)C(=O)c2ccc3c(C)cccc3c2C1=O. The summed E-state index contributed by atoms with van der Waals surface area (Å²) in [5.41, 5.74) is 2.49. The van der Waals surface area contributed by atoms with Gasteiger partial charge in [-0.15, -0.1) is 0 Å². The number of benzene rings is 2. The molecule has 0 saturated heterocycles. The van der Waals surface area contributed by atoms with Gasteiger partial charge in [0.2, 0.25) is 5.78 Å². The minimum absolute atomic E-state index is 0.0623. The third-order valence-electron chi connectivity index (χ3n) is 4.23. The van der Waals surface area contributed by atoms with Gasteiger partial charge in [0.1, 0.15) is 0 Å². The van der Waals surface area contributed by atoms with E-state index in [0.29, 0.717) is 16.7 Å². The van der Waals surface area contributed by atoms with Gasteiger partial charge in [-0.1, -0.05) is 38.1 Å². The van der Waals surface area contributed by atoms with Crippen molar-refractivity contribution in [3.8, 4) is 0 Å². The van der Waals surface area contributed by atoms with Crippen LogP contribution in [0.5, 0.6) is 0 Å². The molecule has 3 nitrogen and oxygen atoms in total. The van der Waals surface area contributed by atoms with Crippen LogP contribution in [-0.2, 0) is 4.74 Å². The molecule has 0 bridgehead atoms. The van der Waals surface area contributed by atoms with E-state index in [1.54, 1.807) is 6.07 Å². The van der Waals surface area contributed by atoms with Crippen LogP contribution >= 0.6 is 0 Å². The van der Waals surface area contributed by atoms with Crippen molar-refractivity contribution in [1.29, 1.82) is 0 Å². The molecule has 0 saturated carbocycles. The van der Waals surface area contributed by atoms with Gasteiger partial charge in [0.05, 0.1) is 7.11 Å². The molecular weight excluding hydrogens is 276 g/mol. The molecular formula is C19H18O3. The van der Waals surface area contributed by atoms with Crippen molar-refractivity contribution in [2.24, 2.45) is 5.92 Å². The zero-order chi connectivity index (χ0) is 16.0. The molecule has 0 radical (unpaired) electrons. The van der Waals surface area contributed by atoms with Gasteiger partial charge in [0, 0.05) is 16.7 Å². The summed E-state index contributed by atoms with van der Waals surface area (Å²) in [6, 6.07) is 9.48. The van der Waals surface area contributed by atoms with Crippen LogP contribution < -0.4 is 0 Å². The number of carbonyl (C=O) groups excluding carboxylic acids is 2. The number of ketones is 2. The maximum absolute atomic E-state index is 12.9. The first kappa shape index (κ1) is 14.5. The maximum atomic E-state index is 12.9. The second kappa shape index (κ2) is 5.09. The Bertz CT molecular complexity index is 841. The summed E-state index contributed by atoms with van der Waals surface area (Å²) >= 11 is 0. The highest BCUT2D eigenvalue weighted by atomic mass is 16.5. The Labute approximate surface area is 129 Å². The quantitative estimate of drug-likeness (QED) is 0.838. The molecule has 0 atom stereocenters. The molecule has 0 unspecified atom stereocenters. The third kappa shape index (κ3) is 1.89. The Balaban J connectivity index is 2.39. The van der Waals surface area contributed by atoms with E-state index < -0.39 is 0 Å². The van der Waals surface area contributed by atoms with Crippen molar-refractivity contribution < 1.29 is 14.3 Å². The lowest BCUT2D eigenvalue weighted by molar-refractivity contribution is 0.0899. The standard InChI is InChI=1S/C19H18O3/c1-10(2)15-17(20)14-9-8-12-11(3)6-5-7-13(12)16(14)18(21)19(15)22-4/h5-10H,1-4H3. The molecule has 0 aromatic heterocycles. The van der Waals surface area contributed by atoms with Crippen LogP contribution in [0.4, 0.5) is 0 Å². The first-order chi connectivity index (χ1) is 10.5. The molecule has 0 N–H and O–H groups in total. The van der Waals surface area contributed by atoms with Crippen LogP contribution in [0.2, 0.25) is 0 Å². The van der Waals surface area contributed by atoms with E-state index in [4.69, 9.17) is 4.74 Å². The summed E-state index contributed by atoms with van der Waals surface area (Å²) in [5, 5.41) is 1.80. The number of ether oxygens (including phenoxy) is 1. The number of Topliss-reactive ketones (excluding diaryl/α,β-unsaturated/α-hetero) is 2. The molecule has 2 aromatic carbocycles. The summed E-state index contributed by atoms with van der Waals surface area (Å²) in [7, 11) is 1.45. The first-order valence-electron chi connectivity index (χ1n) is 7.37. The summed E-state index contributed by atoms with van der Waals surface area (Å²) in [4.78, 5) is 25.7. The number of fused-ring (bicyclic) bond motifs is 3. The number of carbonyl (C=O) groups is 2. The maximum Gasteiger partial charge on any atom is 0.229 e. The molecule has 2 aromatic rings. The average molecular weight is 294 g/mol. The van der Waals surface area contributed by atoms with Crippen LogP contribution in [0.3, 0.4) is 0 Å². The van der Waals surface area contributed by atoms with Crippen LogP contribution in [0.25, 0.3) is 10.8 Å². The van der Waals surface area contributed by atoms with Crippen molar-refractivity contribution in [1.82, 2.24) is 0 Å². The summed E-state index contributed by atoms with van der Waals surface area (Å²) in [5.74, 6) is -0.184. The van der Waals surface area contributed by atoms with E-state index in [1.165, 1.54) is 7.11 Å². The number of allylic oxidation sites excluding steroid dienone is 2. The minimum atomic E-state index is -0.197. The van der Waals surface area contributed by atoms with E-state index in [-0.39, 0.29) is 23.2 Å². The number of rotatable bonds is 2. The fourth-order valence-corrected chi connectivity index (χ4v) is 3.16. The monoisotopic (exact) mass is 294 g/mol. The van der Waals surface area contributed by atoms with Gasteiger partial charge < -0.3 is 4.74 Å². The fourth-order valence-electron chi connectivity index (χ4n) is 3.16. The molecule has 3 rings (SSSR count). The van der Waals surface area contributed by atoms with E-state index >= 15 is 0 Å². The predicted octanol–water partition coefficient (Wildman–Crippen LogP) is 4.08. The molecule has 3 heteroatoms. The normalized spacial score (nSPS) is 14.8. The minimum Gasteiger partial charge on any atom is -0.492 e. The topological polar surface area (TPSA) is 43.4 Å². The van der Waals surface area contributed by atoms with Crippen molar-refractivity contribution in [3.05, 3.63) is 58.4 Å². The van der Waals surface area contributed by atoms with Crippen LogP contribution in [0.1, 0.15) is 40.1 Å². The van der Waals surface area contributed by atoms with E-state index in [0.717, 1.165) is 16.3 Å². The van der Waals surface area contributed by atoms with Crippen molar-refractivity contribution in [2.75, 3.05) is 7.11 Å². The van der Waals surface area contributed by atoms with Crippen LogP contribution in [-0.4, -0.2) is 18.7 Å². The molecule has 22 heavy (non-hydrogen) atoms. The van der Waals surface area contributed by atoms with Crippen molar-refractivity contribution in [2.45, 2.75) is 20.8 Å². The number of aryl methyl sites for hydroxylation is 1. The lowest BCUT2D eigenvalue weighted by Gasteiger charge is -2.23. The molecule has 112 valence electrons. The van der Waals surface area contributed by atoms with Gasteiger partial charge in [-0.25, -0.2) is 0 Å². The largest absolute Gasteiger partial charge is 0.492 e. The Kier molecular flexibility index (Phi) is 3.36. The molecule has 0 amide bonds. The smallest absolute Gasteiger partial charge is 0.229 e. The van der Waals surface area contributed by atoms with E-state index in [9.17, 15) is 9.59 Å². The highest BCUT2D eigenvalue weighted by Gasteiger charge is 2.35. The zero-order valence-corrected chi connectivity index (χ0v) is 13.2. The van der Waals surface area contributed by atoms with Gasteiger partial charge >= 0.3 is 0 Å². The molecule has 1 aliphatic rings. The highest BCUT2D eigenvalue weighted by molar-refractivity contribution is 6.30. The van der Waals surface area contributed by atoms with Gasteiger partial charge in [-0.2, -0.15) is 0 Å². The summed E-state index contributed by atoms with van der Waals surface area (Å²) < 4.78 is 5.29. The first-order valence-corrected chi connectivity index (χ1v) is 7.37. The average Bonchev–Trinajstić information content (AvgIpc) is 2.49. The number of methoxy groups -OCH3 is 1. The highest BCUT2D eigenvalue weighted by Crippen LogP contribution is 2.35. The lowest BCUT2D eigenvalue weighted by atomic mass is 9.81. The lowest BCUT2D eigenvalue weighted by Crippen LogP contribution is -2.26. The second-order valence-corrected chi connectivity index (χ2v) is 5.92. The van der Waals surface area contributed by atoms with Crippen LogP contribution in [0.15, 0.2) is 41.7 Å². The summed E-state index contributed by atoms with van der Waals surface area (Å²) in [6.45, 7) is 5.79. The fraction of sp³-hybridized carbons (Fsp3) is 0.263. The van der Waals surface area contributed by atoms with E-state index in [1.807, 2.05) is 45.0 Å². The Morgan fingerprint density at radius 1 is 0.955 bits per heavy atom. The number of hydrogen-bond acceptors (Lipinski definition) is 3. The molecule has 0 aliphatic heterocycles. The Morgan fingerprint density at radius 2 is 1.68 bits per heavy atom. The predicted molar refractivity (Wildman–Crippen MR) is 86.2 cm³/mol. The van der Waals surface area contributed by atoms with Gasteiger partial charge in [-0.3, -0.25) is 9.59 Å². The molecule has 0 fully saturated rings. The van der Waals surface area contributed by atoms with Crippen LogP contribution in [0, 0.1) is 12.8 Å². The third-order valence-corrected chi connectivity index (χ3v) is 4.23. The van der Waals surface area contributed by atoms with Gasteiger partial charge in [-0.05, 0) is 35.2 Å². The Hall–Kier alpha value is -2.42. The van der Waals surface area contributed by atoms with E-state index in [2.05, 4.69) is 0 Å². The molecule has 1 aliphatic carbocycles. The van der Waals surface area contributed by atoms with Gasteiger partial charge in [0.15, 0.2) is 11.5 Å². The van der Waals surface area contributed by atoms with Crippen molar-refractivity contribution in [3.63, 3.8) is 0 Å². The number of hydrogen-bond donors (Lipinski definition) is 0. The Morgan fingerprint density at radius 3 is 2.32 bits per heavy atom. The zero-order valence-electron chi connectivity index (χ0n) is 13.2. The van der Waals surface area contributed by atoms with Gasteiger partial charge in [0.25, 0.3) is 0 Å². The van der Waals surface area contributed by atoms with Crippen molar-refractivity contribution >= 4 is 22.3 Å². The summed E-state index contributed by atoms with van der Waals surface area (Å²) in [6.07, 6.45) is 0.